The first-order chi connectivity index (χ1) is 16.8. The lowest BCUT2D eigenvalue weighted by atomic mass is 9.93. The highest BCUT2D eigenvalue weighted by atomic mass is 79.9. The van der Waals surface area contributed by atoms with Crippen molar-refractivity contribution in [3.63, 3.8) is 0 Å². The summed E-state index contributed by atoms with van der Waals surface area (Å²) in [6.45, 7) is 3.77. The Morgan fingerprint density at radius 3 is 2.63 bits per heavy atom. The second kappa shape index (κ2) is 8.94. The number of amides is 1. The van der Waals surface area contributed by atoms with E-state index in [0.717, 1.165) is 20.3 Å². The summed E-state index contributed by atoms with van der Waals surface area (Å²) >= 11 is 4.78. The second-order valence-electron chi connectivity index (χ2n) is 8.37. The summed E-state index contributed by atoms with van der Waals surface area (Å²) in [6, 6.07) is 17.6. The van der Waals surface area contributed by atoms with Crippen molar-refractivity contribution in [1.29, 1.82) is 0 Å². The first-order valence-corrected chi connectivity index (χ1v) is 12.5. The molecule has 0 bridgehead atoms. The minimum atomic E-state index is -0.838. The lowest BCUT2D eigenvalue weighted by molar-refractivity contribution is -0.132. The summed E-state index contributed by atoms with van der Waals surface area (Å²) < 4.78 is 6.93. The van der Waals surface area contributed by atoms with Crippen molar-refractivity contribution in [1.82, 2.24) is 4.98 Å². The van der Waals surface area contributed by atoms with Gasteiger partial charge in [0, 0.05) is 10.0 Å². The van der Waals surface area contributed by atoms with Crippen molar-refractivity contribution in [2.24, 2.45) is 0 Å². The monoisotopic (exact) mass is 548 g/mol. The number of aliphatic hydroxyl groups excluding tert-OH is 1. The van der Waals surface area contributed by atoms with Crippen molar-refractivity contribution < 1.29 is 19.4 Å². The predicted molar refractivity (Wildman–Crippen MR) is 141 cm³/mol. The Hall–Kier alpha value is -3.49. The number of Topliss-reactive ketones (excluding diaryl/α,β-unsaturated/α-hetero) is 1. The number of thiazole rings is 1. The molecular formula is C27H21BrN2O4S. The SMILES string of the molecule is COc1ccc2nc(N3C(=O)C(=O)/C(=C(/O)c4cc(C)ccc4C)C3c3cccc(Br)c3)sc2c1. The molecule has 1 aromatic heterocycles. The van der Waals surface area contributed by atoms with Crippen LogP contribution in [-0.2, 0) is 9.59 Å². The van der Waals surface area contributed by atoms with E-state index in [0.29, 0.717) is 27.5 Å². The van der Waals surface area contributed by atoms with Crippen molar-refractivity contribution in [3.05, 3.63) is 93.0 Å². The second-order valence-corrected chi connectivity index (χ2v) is 10.3. The maximum absolute atomic E-state index is 13.4. The molecule has 3 aromatic carbocycles. The number of carbonyl (C=O) groups excluding carboxylic acids is 2. The van der Waals surface area contributed by atoms with Gasteiger partial charge in [0.2, 0.25) is 0 Å². The van der Waals surface area contributed by atoms with Crippen LogP contribution in [0.15, 0.2) is 70.7 Å². The van der Waals surface area contributed by atoms with E-state index in [2.05, 4.69) is 20.9 Å². The number of nitrogens with zero attached hydrogens (tertiary/aromatic N) is 2. The minimum Gasteiger partial charge on any atom is -0.507 e. The molecule has 0 aliphatic carbocycles. The number of rotatable bonds is 4. The molecule has 2 heterocycles. The first-order valence-electron chi connectivity index (χ1n) is 10.9. The van der Waals surface area contributed by atoms with Gasteiger partial charge in [-0.3, -0.25) is 14.5 Å². The topological polar surface area (TPSA) is 79.7 Å². The van der Waals surface area contributed by atoms with Crippen molar-refractivity contribution in [3.8, 4) is 5.75 Å². The van der Waals surface area contributed by atoms with Gasteiger partial charge >= 0.3 is 5.91 Å². The van der Waals surface area contributed by atoms with E-state index in [4.69, 9.17) is 4.74 Å². The Labute approximate surface area is 214 Å². The molecule has 176 valence electrons. The lowest BCUT2D eigenvalue weighted by Crippen LogP contribution is -2.29. The Morgan fingerprint density at radius 2 is 1.89 bits per heavy atom. The number of halogens is 1. The average Bonchev–Trinajstić information content (AvgIpc) is 3.37. The van der Waals surface area contributed by atoms with Gasteiger partial charge in [-0.2, -0.15) is 0 Å². The highest BCUT2D eigenvalue weighted by molar-refractivity contribution is 9.10. The number of aromatic nitrogens is 1. The molecule has 1 aliphatic rings. The largest absolute Gasteiger partial charge is 0.507 e. The van der Waals surface area contributed by atoms with Crippen LogP contribution in [-0.4, -0.2) is 28.9 Å². The van der Waals surface area contributed by atoms with Gasteiger partial charge in [-0.05, 0) is 61.4 Å². The molecule has 1 N–H and O–H groups in total. The van der Waals surface area contributed by atoms with Crippen LogP contribution in [0.3, 0.4) is 0 Å². The molecule has 0 saturated carbocycles. The molecule has 6 nitrogen and oxygen atoms in total. The number of carbonyl (C=O) groups is 2. The van der Waals surface area contributed by atoms with E-state index in [9.17, 15) is 14.7 Å². The molecule has 35 heavy (non-hydrogen) atoms. The number of ether oxygens (including phenoxy) is 1. The average molecular weight is 549 g/mol. The van der Waals surface area contributed by atoms with E-state index in [1.807, 2.05) is 68.4 Å². The fourth-order valence-electron chi connectivity index (χ4n) is 4.28. The Balaban J connectivity index is 1.75. The number of ketones is 1. The number of hydrogen-bond acceptors (Lipinski definition) is 6. The highest BCUT2D eigenvalue weighted by Gasteiger charge is 2.48. The van der Waals surface area contributed by atoms with Gasteiger partial charge in [0.05, 0.1) is 28.9 Å². The fraction of sp³-hybridized carbons (Fsp3) is 0.148. The Morgan fingerprint density at radius 1 is 1.09 bits per heavy atom. The Kier molecular flexibility index (Phi) is 5.94. The molecule has 1 saturated heterocycles. The van der Waals surface area contributed by atoms with Crippen molar-refractivity contribution >= 4 is 60.1 Å². The molecule has 5 rings (SSSR count). The Bertz CT molecular complexity index is 1540. The molecule has 0 radical (unpaired) electrons. The number of methoxy groups -OCH3 is 1. The molecule has 1 unspecified atom stereocenters. The van der Waals surface area contributed by atoms with Gasteiger partial charge in [0.1, 0.15) is 11.5 Å². The molecule has 1 amide bonds. The maximum atomic E-state index is 13.4. The number of anilines is 1. The lowest BCUT2D eigenvalue weighted by Gasteiger charge is -2.23. The standard InChI is InChI=1S/C27H21BrN2O4S/c1-14-7-8-15(2)19(11-14)24(31)22-23(16-5-4-6-17(28)12-16)30(26(33)25(22)32)27-29-20-10-9-18(34-3)13-21(20)35-27/h4-13,23,31H,1-3H3/b24-22+. The summed E-state index contributed by atoms with van der Waals surface area (Å²) in [5.41, 5.74) is 3.68. The number of hydrogen-bond donors (Lipinski definition) is 1. The molecule has 4 aromatic rings. The van der Waals surface area contributed by atoms with E-state index < -0.39 is 17.7 Å². The third-order valence-electron chi connectivity index (χ3n) is 6.05. The smallest absolute Gasteiger partial charge is 0.301 e. The van der Waals surface area contributed by atoms with Crippen molar-refractivity contribution in [2.75, 3.05) is 12.0 Å². The summed E-state index contributed by atoms with van der Waals surface area (Å²) in [5.74, 6) is -0.994. The van der Waals surface area contributed by atoms with Gasteiger partial charge in [-0.15, -0.1) is 0 Å². The van der Waals surface area contributed by atoms with Crippen LogP contribution in [0.2, 0.25) is 0 Å². The normalized spacial score (nSPS) is 17.4. The molecule has 1 atom stereocenters. The number of aliphatic hydroxyl groups is 1. The highest BCUT2D eigenvalue weighted by Crippen LogP contribution is 2.45. The minimum absolute atomic E-state index is 0.0404. The first kappa shape index (κ1) is 23.3. The molecule has 0 spiro atoms. The van der Waals surface area contributed by atoms with Crippen LogP contribution >= 0.6 is 27.3 Å². The van der Waals surface area contributed by atoms with E-state index >= 15 is 0 Å². The van der Waals surface area contributed by atoms with Gasteiger partial charge < -0.3 is 9.84 Å². The zero-order chi connectivity index (χ0) is 24.9. The summed E-state index contributed by atoms with van der Waals surface area (Å²) in [4.78, 5) is 32.9. The van der Waals surface area contributed by atoms with Crippen LogP contribution in [0, 0.1) is 13.8 Å². The third-order valence-corrected chi connectivity index (χ3v) is 7.56. The quantitative estimate of drug-likeness (QED) is 0.183. The number of fused-ring (bicyclic) bond motifs is 1. The van der Waals surface area contributed by atoms with Crippen LogP contribution in [0.5, 0.6) is 5.75 Å². The van der Waals surface area contributed by atoms with E-state index in [-0.39, 0.29) is 11.3 Å². The van der Waals surface area contributed by atoms with E-state index in [1.165, 1.54) is 16.2 Å². The zero-order valence-corrected chi connectivity index (χ0v) is 21.6. The van der Waals surface area contributed by atoms with Gasteiger partial charge in [-0.25, -0.2) is 4.98 Å². The predicted octanol–water partition coefficient (Wildman–Crippen LogP) is 6.31. The van der Waals surface area contributed by atoms with Crippen molar-refractivity contribution in [2.45, 2.75) is 19.9 Å². The molecule has 1 aliphatic heterocycles. The maximum Gasteiger partial charge on any atom is 0.301 e. The van der Waals surface area contributed by atoms with Gasteiger partial charge in [0.25, 0.3) is 5.78 Å². The fourth-order valence-corrected chi connectivity index (χ4v) is 5.72. The summed E-state index contributed by atoms with van der Waals surface area (Å²) in [5, 5.41) is 11.8. The zero-order valence-electron chi connectivity index (χ0n) is 19.2. The summed E-state index contributed by atoms with van der Waals surface area (Å²) in [7, 11) is 1.59. The molecule has 1 fully saturated rings. The third kappa shape index (κ3) is 4.02. The van der Waals surface area contributed by atoms with Gasteiger partial charge in [0.15, 0.2) is 5.13 Å². The van der Waals surface area contributed by atoms with E-state index in [1.54, 1.807) is 13.2 Å². The van der Waals surface area contributed by atoms with Crippen LogP contribution in [0.4, 0.5) is 5.13 Å². The summed E-state index contributed by atoms with van der Waals surface area (Å²) in [6.07, 6.45) is 0. The number of benzene rings is 3. The van der Waals surface area contributed by atoms with Gasteiger partial charge in [-0.1, -0.05) is 57.1 Å². The molecular weight excluding hydrogens is 528 g/mol. The number of aryl methyl sites for hydroxylation is 2. The van der Waals surface area contributed by atoms with Crippen LogP contribution in [0.25, 0.3) is 16.0 Å². The molecule has 8 heteroatoms. The van der Waals surface area contributed by atoms with Crippen LogP contribution in [0.1, 0.15) is 28.3 Å². The van der Waals surface area contributed by atoms with Crippen LogP contribution < -0.4 is 9.64 Å².